The number of carbonyl (C=O) groups is 2. The summed E-state index contributed by atoms with van der Waals surface area (Å²) in [5, 5.41) is 0. The molecule has 3 aromatic carbocycles. The first-order valence-corrected chi connectivity index (χ1v) is 10.3. The van der Waals surface area contributed by atoms with Crippen molar-refractivity contribution in [1.29, 1.82) is 0 Å². The van der Waals surface area contributed by atoms with E-state index in [2.05, 4.69) is 0 Å². The fraction of sp³-hybridized carbons (Fsp3) is 0.231. The molecule has 5 nitrogen and oxygen atoms in total. The third-order valence-corrected chi connectivity index (χ3v) is 5.87. The average molecular weight is 415 g/mol. The molecule has 2 amide bonds. The Balaban J connectivity index is 1.81. The molecule has 0 spiro atoms. The summed E-state index contributed by atoms with van der Waals surface area (Å²) < 4.78 is 5.27. The number of hydrogen-bond donors (Lipinski definition) is 0. The number of hydrogen-bond acceptors (Lipinski definition) is 3. The zero-order valence-corrected chi connectivity index (χ0v) is 18.3. The number of piperazine rings is 1. The molecule has 1 atom stereocenters. The fourth-order valence-corrected chi connectivity index (χ4v) is 3.88. The highest BCUT2D eigenvalue weighted by Crippen LogP contribution is 2.35. The lowest BCUT2D eigenvalue weighted by molar-refractivity contribution is -0.128. The number of benzene rings is 3. The SMILES string of the molecule is COc1ccc([C@@H]2C(=O)N(c3ccc(C)cc3)CC(=O)N2c2ccc(C)c(C)c2)cc1. The van der Waals surface area contributed by atoms with E-state index in [1.165, 1.54) is 0 Å². The van der Waals surface area contributed by atoms with Crippen LogP contribution in [0.4, 0.5) is 11.4 Å². The summed E-state index contributed by atoms with van der Waals surface area (Å²) in [6.07, 6.45) is 0. The highest BCUT2D eigenvalue weighted by molar-refractivity contribution is 6.14. The Morgan fingerprint density at radius 1 is 0.806 bits per heavy atom. The van der Waals surface area contributed by atoms with E-state index in [1.54, 1.807) is 16.9 Å². The predicted octanol–water partition coefficient (Wildman–Crippen LogP) is 4.74. The first kappa shape index (κ1) is 20.7. The van der Waals surface area contributed by atoms with Gasteiger partial charge in [-0.15, -0.1) is 0 Å². The van der Waals surface area contributed by atoms with Gasteiger partial charge >= 0.3 is 0 Å². The normalized spacial score (nSPS) is 16.6. The van der Waals surface area contributed by atoms with Crippen molar-refractivity contribution < 1.29 is 14.3 Å². The van der Waals surface area contributed by atoms with Crippen LogP contribution in [0.2, 0.25) is 0 Å². The third-order valence-electron chi connectivity index (χ3n) is 5.87. The van der Waals surface area contributed by atoms with E-state index < -0.39 is 6.04 Å². The van der Waals surface area contributed by atoms with Crippen LogP contribution in [0.15, 0.2) is 66.7 Å². The molecule has 5 heteroatoms. The van der Waals surface area contributed by atoms with Crippen LogP contribution in [-0.4, -0.2) is 25.5 Å². The number of rotatable bonds is 4. The Labute approximate surface area is 182 Å². The molecule has 1 aliphatic rings. The molecule has 0 bridgehead atoms. The zero-order valence-electron chi connectivity index (χ0n) is 18.3. The van der Waals surface area contributed by atoms with Crippen molar-refractivity contribution in [3.63, 3.8) is 0 Å². The number of anilines is 2. The summed E-state index contributed by atoms with van der Waals surface area (Å²) in [5.41, 5.74) is 5.51. The molecule has 1 heterocycles. The van der Waals surface area contributed by atoms with Gasteiger partial charge in [0.05, 0.1) is 7.11 Å². The number of ether oxygens (including phenoxy) is 1. The van der Waals surface area contributed by atoms with Gasteiger partial charge in [0.15, 0.2) is 0 Å². The Morgan fingerprint density at radius 2 is 1.45 bits per heavy atom. The number of nitrogens with zero attached hydrogens (tertiary/aromatic N) is 2. The van der Waals surface area contributed by atoms with E-state index in [4.69, 9.17) is 4.74 Å². The molecular weight excluding hydrogens is 388 g/mol. The molecule has 0 radical (unpaired) electrons. The standard InChI is InChI=1S/C26H26N2O3/c1-17-5-10-21(11-6-17)27-16-24(29)28(22-12-7-18(2)19(3)15-22)25(26(27)30)20-8-13-23(31-4)14-9-20/h5-15,25H,16H2,1-4H3/t25-/m1/s1. The van der Waals surface area contributed by atoms with Crippen LogP contribution in [0.1, 0.15) is 28.3 Å². The number of carbonyl (C=O) groups excluding carboxylic acids is 2. The minimum Gasteiger partial charge on any atom is -0.497 e. The van der Waals surface area contributed by atoms with Crippen molar-refractivity contribution >= 4 is 23.2 Å². The predicted molar refractivity (Wildman–Crippen MR) is 123 cm³/mol. The Kier molecular flexibility index (Phi) is 5.51. The van der Waals surface area contributed by atoms with E-state index in [0.29, 0.717) is 5.75 Å². The van der Waals surface area contributed by atoms with Crippen molar-refractivity contribution in [3.05, 3.63) is 89.0 Å². The van der Waals surface area contributed by atoms with E-state index in [-0.39, 0.29) is 18.4 Å². The maximum atomic E-state index is 13.7. The molecule has 1 saturated heterocycles. The summed E-state index contributed by atoms with van der Waals surface area (Å²) in [6.45, 7) is 6.04. The van der Waals surface area contributed by atoms with Gasteiger partial charge in [0.2, 0.25) is 5.91 Å². The molecule has 1 aliphatic heterocycles. The van der Waals surface area contributed by atoms with Gasteiger partial charge in [0, 0.05) is 11.4 Å². The highest BCUT2D eigenvalue weighted by Gasteiger charge is 2.41. The first-order chi connectivity index (χ1) is 14.9. The van der Waals surface area contributed by atoms with Crippen LogP contribution in [-0.2, 0) is 9.59 Å². The number of aryl methyl sites for hydroxylation is 3. The summed E-state index contributed by atoms with van der Waals surface area (Å²) >= 11 is 0. The second-order valence-corrected chi connectivity index (χ2v) is 7.97. The van der Waals surface area contributed by atoms with Gasteiger partial charge in [-0.05, 0) is 73.9 Å². The monoisotopic (exact) mass is 414 g/mol. The largest absolute Gasteiger partial charge is 0.497 e. The van der Waals surface area contributed by atoms with Gasteiger partial charge in [0.1, 0.15) is 18.3 Å². The first-order valence-electron chi connectivity index (χ1n) is 10.3. The molecule has 0 N–H and O–H groups in total. The van der Waals surface area contributed by atoms with Crippen LogP contribution < -0.4 is 14.5 Å². The van der Waals surface area contributed by atoms with Crippen LogP contribution in [0.3, 0.4) is 0 Å². The average Bonchev–Trinajstić information content (AvgIpc) is 2.77. The smallest absolute Gasteiger partial charge is 0.255 e. The second kappa shape index (κ2) is 8.26. The highest BCUT2D eigenvalue weighted by atomic mass is 16.5. The minimum absolute atomic E-state index is 0.00146. The van der Waals surface area contributed by atoms with Crippen LogP contribution in [0.25, 0.3) is 0 Å². The zero-order chi connectivity index (χ0) is 22.1. The minimum atomic E-state index is -0.754. The van der Waals surface area contributed by atoms with Crippen molar-refractivity contribution in [3.8, 4) is 5.75 Å². The van der Waals surface area contributed by atoms with Crippen LogP contribution in [0, 0.1) is 20.8 Å². The van der Waals surface area contributed by atoms with Gasteiger partial charge in [-0.25, -0.2) is 0 Å². The van der Waals surface area contributed by atoms with E-state index >= 15 is 0 Å². The number of amides is 2. The maximum absolute atomic E-state index is 13.7. The number of methoxy groups -OCH3 is 1. The quantitative estimate of drug-likeness (QED) is 0.620. The summed E-state index contributed by atoms with van der Waals surface area (Å²) in [6, 6.07) is 20.1. The van der Waals surface area contributed by atoms with Gasteiger partial charge in [-0.2, -0.15) is 0 Å². The van der Waals surface area contributed by atoms with Crippen LogP contribution >= 0.6 is 0 Å². The molecule has 0 aliphatic carbocycles. The molecule has 31 heavy (non-hydrogen) atoms. The molecule has 3 aromatic rings. The van der Waals surface area contributed by atoms with E-state index in [9.17, 15) is 9.59 Å². The Bertz CT molecular complexity index is 1120. The Hall–Kier alpha value is -3.60. The summed E-state index contributed by atoms with van der Waals surface area (Å²) in [7, 11) is 1.60. The summed E-state index contributed by atoms with van der Waals surface area (Å²) in [5.74, 6) is 0.447. The lowest BCUT2D eigenvalue weighted by Gasteiger charge is -2.40. The fourth-order valence-electron chi connectivity index (χ4n) is 3.88. The van der Waals surface area contributed by atoms with Gasteiger partial charge in [-0.3, -0.25) is 14.5 Å². The van der Waals surface area contributed by atoms with Crippen molar-refractivity contribution in [2.75, 3.05) is 23.5 Å². The molecule has 0 unspecified atom stereocenters. The lowest BCUT2D eigenvalue weighted by atomic mass is 9.98. The topological polar surface area (TPSA) is 49.9 Å². The molecule has 0 aromatic heterocycles. The van der Waals surface area contributed by atoms with Gasteiger partial charge in [-0.1, -0.05) is 35.9 Å². The Morgan fingerprint density at radius 3 is 2.06 bits per heavy atom. The van der Waals surface area contributed by atoms with E-state index in [0.717, 1.165) is 33.6 Å². The van der Waals surface area contributed by atoms with Gasteiger partial charge in [0.25, 0.3) is 5.91 Å². The molecular formula is C26H26N2O3. The third kappa shape index (κ3) is 3.91. The van der Waals surface area contributed by atoms with Crippen molar-refractivity contribution in [1.82, 2.24) is 0 Å². The van der Waals surface area contributed by atoms with Gasteiger partial charge < -0.3 is 9.64 Å². The summed E-state index contributed by atoms with van der Waals surface area (Å²) in [4.78, 5) is 30.4. The van der Waals surface area contributed by atoms with Crippen molar-refractivity contribution in [2.45, 2.75) is 26.8 Å². The van der Waals surface area contributed by atoms with E-state index in [1.807, 2.05) is 87.5 Å². The maximum Gasteiger partial charge on any atom is 0.255 e. The molecule has 4 rings (SSSR count). The molecule has 158 valence electrons. The second-order valence-electron chi connectivity index (χ2n) is 7.97. The van der Waals surface area contributed by atoms with Crippen molar-refractivity contribution in [2.24, 2.45) is 0 Å². The molecule has 1 fully saturated rings. The van der Waals surface area contributed by atoms with Crippen LogP contribution in [0.5, 0.6) is 5.75 Å². The lowest BCUT2D eigenvalue weighted by Crippen LogP contribution is -2.56. The molecule has 0 saturated carbocycles.